The van der Waals surface area contributed by atoms with Crippen molar-refractivity contribution in [1.29, 1.82) is 0 Å². The molecule has 0 saturated carbocycles. The molecule has 0 aromatic carbocycles. The third kappa shape index (κ3) is 0.800. The lowest BCUT2D eigenvalue weighted by molar-refractivity contribution is 0.737. The monoisotopic (exact) mass is 167 g/mol. The SMILES string of the molecule is N[C@@H]1N=Nc2c1[nH]c(=O)[nH]c2=O. The molecule has 2 heterocycles. The lowest BCUT2D eigenvalue weighted by atomic mass is 10.3. The fourth-order valence-electron chi connectivity index (χ4n) is 0.988. The number of azo groups is 1. The summed E-state index contributed by atoms with van der Waals surface area (Å²) in [5.74, 6) is 0. The Hall–Kier alpha value is -1.76. The van der Waals surface area contributed by atoms with Gasteiger partial charge >= 0.3 is 5.69 Å². The lowest BCUT2D eigenvalue weighted by Gasteiger charge is -1.97. The smallest absolute Gasteiger partial charge is 0.306 e. The van der Waals surface area contributed by atoms with Gasteiger partial charge in [-0.3, -0.25) is 9.78 Å². The number of nitrogens with zero attached hydrogens (tertiary/aromatic N) is 2. The predicted molar refractivity (Wildman–Crippen MR) is 39.1 cm³/mol. The minimum absolute atomic E-state index is 0.0853. The molecule has 62 valence electrons. The van der Waals surface area contributed by atoms with E-state index in [9.17, 15) is 9.59 Å². The van der Waals surface area contributed by atoms with Gasteiger partial charge in [-0.15, -0.1) is 5.11 Å². The first-order valence-electron chi connectivity index (χ1n) is 3.21. The van der Waals surface area contributed by atoms with Gasteiger partial charge < -0.3 is 10.7 Å². The van der Waals surface area contributed by atoms with Crippen LogP contribution in [0.1, 0.15) is 11.9 Å². The van der Waals surface area contributed by atoms with E-state index in [0.29, 0.717) is 0 Å². The zero-order valence-corrected chi connectivity index (χ0v) is 5.87. The molecule has 0 radical (unpaired) electrons. The summed E-state index contributed by atoms with van der Waals surface area (Å²) in [5, 5.41) is 7.03. The molecule has 1 aromatic heterocycles. The van der Waals surface area contributed by atoms with Gasteiger partial charge in [0.2, 0.25) is 0 Å². The van der Waals surface area contributed by atoms with Gasteiger partial charge in [-0.25, -0.2) is 4.79 Å². The van der Waals surface area contributed by atoms with E-state index < -0.39 is 17.4 Å². The highest BCUT2D eigenvalue weighted by Crippen LogP contribution is 2.24. The van der Waals surface area contributed by atoms with Gasteiger partial charge in [0, 0.05) is 0 Å². The molecule has 0 fully saturated rings. The van der Waals surface area contributed by atoms with Crippen LogP contribution in [0.2, 0.25) is 0 Å². The van der Waals surface area contributed by atoms with Crippen molar-refractivity contribution in [2.45, 2.75) is 6.17 Å². The summed E-state index contributed by atoms with van der Waals surface area (Å²) >= 11 is 0. The Morgan fingerprint density at radius 2 is 2.08 bits per heavy atom. The molecule has 0 amide bonds. The number of hydrogen-bond acceptors (Lipinski definition) is 5. The minimum atomic E-state index is -0.727. The Kier molecular flexibility index (Phi) is 1.22. The van der Waals surface area contributed by atoms with Crippen LogP contribution in [-0.2, 0) is 0 Å². The highest BCUT2D eigenvalue weighted by Gasteiger charge is 2.20. The number of aromatic nitrogens is 2. The van der Waals surface area contributed by atoms with E-state index in [4.69, 9.17) is 5.73 Å². The molecule has 0 aliphatic carbocycles. The first kappa shape index (κ1) is 6.92. The molecule has 1 aliphatic heterocycles. The van der Waals surface area contributed by atoms with Crippen molar-refractivity contribution in [2.24, 2.45) is 16.0 Å². The summed E-state index contributed by atoms with van der Waals surface area (Å²) in [6.07, 6.45) is -0.727. The van der Waals surface area contributed by atoms with Crippen molar-refractivity contribution in [1.82, 2.24) is 9.97 Å². The molecule has 0 spiro atoms. The van der Waals surface area contributed by atoms with Crippen LogP contribution in [0.15, 0.2) is 19.8 Å². The summed E-state index contributed by atoms with van der Waals surface area (Å²) in [6, 6.07) is 0. The van der Waals surface area contributed by atoms with Gasteiger partial charge in [0.1, 0.15) is 0 Å². The maximum absolute atomic E-state index is 11.0. The first-order valence-corrected chi connectivity index (χ1v) is 3.21. The molecule has 1 atom stereocenters. The van der Waals surface area contributed by atoms with Gasteiger partial charge in [-0.1, -0.05) is 0 Å². The van der Waals surface area contributed by atoms with Crippen molar-refractivity contribution in [3.05, 3.63) is 26.5 Å². The van der Waals surface area contributed by atoms with Gasteiger partial charge in [-0.2, -0.15) is 5.11 Å². The van der Waals surface area contributed by atoms with E-state index in [1.807, 2.05) is 4.98 Å². The number of nitrogens with two attached hydrogens (primary N) is 1. The normalized spacial score (nSPS) is 19.6. The van der Waals surface area contributed by atoms with Crippen molar-refractivity contribution < 1.29 is 0 Å². The summed E-state index contributed by atoms with van der Waals surface area (Å²) < 4.78 is 0. The van der Waals surface area contributed by atoms with Crippen LogP contribution >= 0.6 is 0 Å². The Balaban J connectivity index is 2.83. The lowest BCUT2D eigenvalue weighted by Crippen LogP contribution is -2.24. The van der Waals surface area contributed by atoms with E-state index in [-0.39, 0.29) is 11.4 Å². The Morgan fingerprint density at radius 1 is 1.33 bits per heavy atom. The third-order valence-corrected chi connectivity index (χ3v) is 1.52. The molecule has 1 aromatic rings. The number of fused-ring (bicyclic) bond motifs is 1. The fourth-order valence-corrected chi connectivity index (χ4v) is 0.988. The van der Waals surface area contributed by atoms with Crippen LogP contribution in [0.3, 0.4) is 0 Å². The van der Waals surface area contributed by atoms with Crippen LogP contribution in [0.5, 0.6) is 0 Å². The van der Waals surface area contributed by atoms with Crippen molar-refractivity contribution in [3.8, 4) is 0 Å². The highest BCUT2D eigenvalue weighted by atomic mass is 16.2. The molecule has 2 rings (SSSR count). The average Bonchev–Trinajstić information content (AvgIpc) is 2.33. The molecular formula is C5H5N5O2. The number of hydrogen-bond donors (Lipinski definition) is 3. The summed E-state index contributed by atoms with van der Waals surface area (Å²) in [4.78, 5) is 26.1. The van der Waals surface area contributed by atoms with Crippen molar-refractivity contribution >= 4 is 5.69 Å². The predicted octanol–water partition coefficient (Wildman–Crippen LogP) is -0.882. The summed E-state index contributed by atoms with van der Waals surface area (Å²) in [6.45, 7) is 0. The Bertz CT molecular complexity index is 456. The molecule has 0 bridgehead atoms. The second kappa shape index (κ2) is 2.11. The van der Waals surface area contributed by atoms with Crippen molar-refractivity contribution in [3.63, 3.8) is 0 Å². The highest BCUT2D eigenvalue weighted by molar-refractivity contribution is 5.42. The molecule has 0 saturated heterocycles. The molecule has 7 nitrogen and oxygen atoms in total. The zero-order valence-electron chi connectivity index (χ0n) is 5.87. The Morgan fingerprint density at radius 3 is 2.83 bits per heavy atom. The second-order valence-electron chi connectivity index (χ2n) is 2.33. The van der Waals surface area contributed by atoms with Gasteiger partial charge in [0.25, 0.3) is 5.56 Å². The van der Waals surface area contributed by atoms with Crippen LogP contribution in [0.25, 0.3) is 0 Å². The quantitative estimate of drug-likeness (QED) is 0.465. The molecule has 1 aliphatic rings. The van der Waals surface area contributed by atoms with Crippen molar-refractivity contribution in [2.75, 3.05) is 0 Å². The third-order valence-electron chi connectivity index (χ3n) is 1.52. The van der Waals surface area contributed by atoms with Gasteiger partial charge in [0.15, 0.2) is 11.9 Å². The van der Waals surface area contributed by atoms with Crippen LogP contribution < -0.4 is 17.0 Å². The maximum Gasteiger partial charge on any atom is 0.326 e. The average molecular weight is 167 g/mol. The van der Waals surface area contributed by atoms with E-state index >= 15 is 0 Å². The van der Waals surface area contributed by atoms with Gasteiger partial charge in [0.05, 0.1) is 5.69 Å². The molecule has 7 heteroatoms. The Labute approximate surface area is 65.3 Å². The number of aromatic amines is 2. The first-order chi connectivity index (χ1) is 5.68. The van der Waals surface area contributed by atoms with Gasteiger partial charge in [-0.05, 0) is 0 Å². The second-order valence-corrected chi connectivity index (χ2v) is 2.33. The van der Waals surface area contributed by atoms with E-state index in [1.165, 1.54) is 0 Å². The molecule has 0 unspecified atom stereocenters. The van der Waals surface area contributed by atoms with Crippen LogP contribution in [-0.4, -0.2) is 9.97 Å². The largest absolute Gasteiger partial charge is 0.326 e. The van der Waals surface area contributed by atoms with E-state index in [1.54, 1.807) is 0 Å². The number of rotatable bonds is 0. The molecule has 4 N–H and O–H groups in total. The van der Waals surface area contributed by atoms with Crippen LogP contribution in [0, 0.1) is 0 Å². The summed E-state index contributed by atoms with van der Waals surface area (Å²) in [5.41, 5.74) is 4.59. The zero-order chi connectivity index (χ0) is 8.72. The van der Waals surface area contributed by atoms with Crippen LogP contribution in [0.4, 0.5) is 5.69 Å². The summed E-state index contributed by atoms with van der Waals surface area (Å²) in [7, 11) is 0. The van der Waals surface area contributed by atoms with E-state index in [2.05, 4.69) is 15.2 Å². The molecular weight excluding hydrogens is 162 g/mol. The molecule has 12 heavy (non-hydrogen) atoms. The fraction of sp³-hybridized carbons (Fsp3) is 0.200. The topological polar surface area (TPSA) is 116 Å². The number of H-pyrrole nitrogens is 2. The van der Waals surface area contributed by atoms with E-state index in [0.717, 1.165) is 0 Å². The minimum Gasteiger partial charge on any atom is -0.306 e. The maximum atomic E-state index is 11.0. The standard InChI is InChI=1S/C5H5N5O2/c6-3-1-2(9-10-3)4(11)8-5(12)7-1/h3H,6H2,(H2,7,8,11,12)/t3-/m1/s1. The number of nitrogens with one attached hydrogen (secondary N) is 2.